The van der Waals surface area contributed by atoms with Crippen LogP contribution >= 0.6 is 0 Å². The second-order valence-corrected chi connectivity index (χ2v) is 6.70. The van der Waals surface area contributed by atoms with Crippen molar-refractivity contribution in [2.45, 2.75) is 12.6 Å². The van der Waals surface area contributed by atoms with Crippen LogP contribution in [0.1, 0.15) is 27.6 Å². The Hall–Kier alpha value is -2.55. The van der Waals surface area contributed by atoms with E-state index in [2.05, 4.69) is 19.0 Å². The van der Waals surface area contributed by atoms with Crippen molar-refractivity contribution in [1.82, 2.24) is 10.1 Å². The van der Waals surface area contributed by atoms with E-state index in [1.807, 2.05) is 23.6 Å². The van der Waals surface area contributed by atoms with E-state index in [-0.39, 0.29) is 18.2 Å². The molecule has 0 saturated heterocycles. The van der Waals surface area contributed by atoms with Crippen molar-refractivity contribution in [3.8, 4) is 0 Å². The molecule has 0 saturated carbocycles. The number of allylic oxidation sites excluding steroid dienone is 2. The monoisotopic (exact) mass is 367 g/mol. The number of nitrogens with zero attached hydrogens (tertiary/aromatic N) is 3. The maximum absolute atomic E-state index is 12.4. The maximum Gasteiger partial charge on any atom is 0.471 e. The average Bonchev–Trinajstić information content (AvgIpc) is 3.05. The van der Waals surface area contributed by atoms with Crippen molar-refractivity contribution in [1.29, 1.82) is 0 Å². The van der Waals surface area contributed by atoms with Crippen LogP contribution in [0.5, 0.6) is 0 Å². The average molecular weight is 367 g/mol. The van der Waals surface area contributed by atoms with Crippen LogP contribution < -0.4 is 0 Å². The second-order valence-electron chi connectivity index (χ2n) is 5.11. The Balaban J connectivity index is 1.68. The minimum Gasteiger partial charge on any atom is -0.329 e. The smallest absolute Gasteiger partial charge is 0.329 e. The zero-order valence-corrected chi connectivity index (χ0v) is 13.5. The van der Waals surface area contributed by atoms with Crippen LogP contribution in [0.3, 0.4) is 0 Å². The highest BCUT2D eigenvalue weighted by molar-refractivity contribution is 7.90. The molecular formula is C16H12F3N3O2S. The van der Waals surface area contributed by atoms with Gasteiger partial charge in [0.05, 0.1) is 0 Å². The Kier molecular flexibility index (Phi) is 4.93. The summed E-state index contributed by atoms with van der Waals surface area (Å²) in [5.74, 6) is -1.06. The lowest BCUT2D eigenvalue weighted by atomic mass is 10.1. The van der Waals surface area contributed by atoms with E-state index in [1.165, 1.54) is 0 Å². The van der Waals surface area contributed by atoms with Gasteiger partial charge in [-0.2, -0.15) is 22.5 Å². The van der Waals surface area contributed by atoms with E-state index in [4.69, 9.17) is 0 Å². The van der Waals surface area contributed by atoms with Gasteiger partial charge in [0, 0.05) is 17.7 Å². The number of rotatable bonds is 3. The van der Waals surface area contributed by atoms with Crippen molar-refractivity contribution in [3.63, 3.8) is 0 Å². The minimum atomic E-state index is -4.66. The van der Waals surface area contributed by atoms with Gasteiger partial charge >= 0.3 is 12.1 Å². The van der Waals surface area contributed by atoms with Crippen molar-refractivity contribution in [3.05, 3.63) is 70.7 Å². The standard InChI is InChI=1S/C16H12F3N3O2S/c17-16(18,19)15-20-13(21-24-15)10-11-4-6-12(7-5-11)14(23)22-25-8-2-1-3-9-25/h1-8H,9-10H2. The highest BCUT2D eigenvalue weighted by Gasteiger charge is 2.38. The Bertz CT molecular complexity index is 867. The number of alkyl halides is 3. The summed E-state index contributed by atoms with van der Waals surface area (Å²) in [5, 5.41) is 5.18. The van der Waals surface area contributed by atoms with Crippen molar-refractivity contribution >= 4 is 16.6 Å². The summed E-state index contributed by atoms with van der Waals surface area (Å²) in [4.78, 5) is 15.4. The molecule has 1 atom stereocenters. The second kappa shape index (κ2) is 7.14. The zero-order valence-electron chi connectivity index (χ0n) is 12.7. The fourth-order valence-corrected chi connectivity index (χ4v) is 3.19. The third-order valence-corrected chi connectivity index (χ3v) is 4.63. The molecule has 0 N–H and O–H groups in total. The Morgan fingerprint density at radius 3 is 2.60 bits per heavy atom. The number of halogens is 3. The normalized spacial score (nSPS) is 17.2. The van der Waals surface area contributed by atoms with Gasteiger partial charge in [0.2, 0.25) is 0 Å². The summed E-state index contributed by atoms with van der Waals surface area (Å²) in [6.07, 6.45) is 1.12. The topological polar surface area (TPSA) is 68.3 Å². The highest BCUT2D eigenvalue weighted by atomic mass is 32.2. The lowest BCUT2D eigenvalue weighted by molar-refractivity contribution is -0.159. The first-order valence-electron chi connectivity index (χ1n) is 7.20. The fourth-order valence-electron chi connectivity index (χ4n) is 2.04. The first-order chi connectivity index (χ1) is 11.9. The number of hydrogen-bond acceptors (Lipinski definition) is 4. The van der Waals surface area contributed by atoms with Crippen LogP contribution in [0.15, 0.2) is 56.8 Å². The molecule has 1 amide bonds. The van der Waals surface area contributed by atoms with Gasteiger partial charge in [-0.15, -0.1) is 0 Å². The molecule has 0 aliphatic carbocycles. The predicted octanol–water partition coefficient (Wildman–Crippen LogP) is 3.70. The zero-order chi connectivity index (χ0) is 17.9. The van der Waals surface area contributed by atoms with Gasteiger partial charge in [0.1, 0.15) is 0 Å². The Labute approximate surface area is 143 Å². The molecule has 1 aromatic heterocycles. The molecule has 1 aromatic carbocycles. The molecule has 5 nitrogen and oxygen atoms in total. The van der Waals surface area contributed by atoms with E-state index in [0.717, 1.165) is 0 Å². The summed E-state index contributed by atoms with van der Waals surface area (Å²) in [6.45, 7) is 0. The lowest BCUT2D eigenvalue weighted by Gasteiger charge is -2.03. The van der Waals surface area contributed by atoms with Crippen LogP contribution in [0.4, 0.5) is 13.2 Å². The third kappa shape index (κ3) is 4.50. The first kappa shape index (κ1) is 17.3. The molecule has 1 unspecified atom stereocenters. The first-order valence-corrected chi connectivity index (χ1v) is 8.61. The van der Waals surface area contributed by atoms with Crippen LogP contribution in [0.2, 0.25) is 0 Å². The molecule has 2 heterocycles. The van der Waals surface area contributed by atoms with Crippen molar-refractivity contribution < 1.29 is 22.5 Å². The number of carbonyl (C=O) groups excluding carboxylic acids is 1. The van der Waals surface area contributed by atoms with E-state index < -0.39 is 22.8 Å². The highest BCUT2D eigenvalue weighted by Crippen LogP contribution is 2.27. The molecule has 2 aromatic rings. The minimum absolute atomic E-state index is 0.0725. The number of amides is 1. The number of carbonyl (C=O) groups is 1. The number of hydrogen-bond donors (Lipinski definition) is 0. The third-order valence-electron chi connectivity index (χ3n) is 3.22. The van der Waals surface area contributed by atoms with Gasteiger partial charge in [0.15, 0.2) is 5.82 Å². The van der Waals surface area contributed by atoms with E-state index in [1.54, 1.807) is 24.3 Å². The lowest BCUT2D eigenvalue weighted by Crippen LogP contribution is -2.05. The number of benzene rings is 1. The molecule has 9 heteroatoms. The predicted molar refractivity (Wildman–Crippen MR) is 85.8 cm³/mol. The van der Waals surface area contributed by atoms with Gasteiger partial charge < -0.3 is 4.52 Å². The molecule has 0 fully saturated rings. The summed E-state index contributed by atoms with van der Waals surface area (Å²) < 4.78 is 45.6. The molecule has 25 heavy (non-hydrogen) atoms. The number of aromatic nitrogens is 2. The molecule has 3 rings (SSSR count). The Morgan fingerprint density at radius 2 is 2.00 bits per heavy atom. The molecule has 1 aliphatic heterocycles. The van der Waals surface area contributed by atoms with Gasteiger partial charge in [-0.1, -0.05) is 46.2 Å². The van der Waals surface area contributed by atoms with Gasteiger partial charge in [-0.3, -0.25) is 4.79 Å². The van der Waals surface area contributed by atoms with Crippen molar-refractivity contribution in [2.24, 2.45) is 4.36 Å². The van der Waals surface area contributed by atoms with Gasteiger partial charge in [-0.25, -0.2) is 0 Å². The maximum atomic E-state index is 12.4. The molecule has 0 bridgehead atoms. The molecule has 0 radical (unpaired) electrons. The van der Waals surface area contributed by atoms with Crippen LogP contribution in [-0.2, 0) is 23.3 Å². The van der Waals surface area contributed by atoms with E-state index >= 15 is 0 Å². The summed E-state index contributed by atoms with van der Waals surface area (Å²) >= 11 is 0. The van der Waals surface area contributed by atoms with Gasteiger partial charge in [0.25, 0.3) is 5.91 Å². The molecular weight excluding hydrogens is 355 g/mol. The van der Waals surface area contributed by atoms with E-state index in [0.29, 0.717) is 16.9 Å². The summed E-state index contributed by atoms with van der Waals surface area (Å²) in [6, 6.07) is 6.43. The summed E-state index contributed by atoms with van der Waals surface area (Å²) in [7, 11) is -0.449. The Morgan fingerprint density at radius 1 is 1.24 bits per heavy atom. The van der Waals surface area contributed by atoms with Gasteiger partial charge in [-0.05, 0) is 23.1 Å². The van der Waals surface area contributed by atoms with E-state index in [9.17, 15) is 18.0 Å². The largest absolute Gasteiger partial charge is 0.471 e. The quantitative estimate of drug-likeness (QED) is 0.829. The molecule has 130 valence electrons. The van der Waals surface area contributed by atoms with Crippen LogP contribution in [-0.4, -0.2) is 21.8 Å². The van der Waals surface area contributed by atoms with Crippen LogP contribution in [0, 0.1) is 0 Å². The van der Waals surface area contributed by atoms with Crippen molar-refractivity contribution in [2.75, 3.05) is 5.75 Å². The SMILES string of the molecule is O=C(N=S1C=CC=CC1)c1ccc(Cc2noc(C(F)(F)F)n2)cc1. The molecule has 0 spiro atoms. The van der Waals surface area contributed by atoms with Crippen LogP contribution in [0.25, 0.3) is 0 Å². The summed E-state index contributed by atoms with van der Waals surface area (Å²) in [5.41, 5.74) is 1.08. The fraction of sp³-hybridized carbons (Fsp3) is 0.188. The molecule has 1 aliphatic rings.